The van der Waals surface area contributed by atoms with Gasteiger partial charge in [-0.05, 0) is 43.3 Å². The maximum Gasteiger partial charge on any atom is 0.251 e. The number of benzene rings is 1. The third-order valence-corrected chi connectivity index (χ3v) is 7.94. The molecule has 0 saturated heterocycles. The minimum Gasteiger partial charge on any atom is -0.347 e. The Morgan fingerprint density at radius 2 is 1.83 bits per heavy atom. The van der Waals surface area contributed by atoms with Crippen molar-refractivity contribution in [1.82, 2.24) is 19.6 Å². The first-order valence-corrected chi connectivity index (χ1v) is 11.9. The van der Waals surface area contributed by atoms with E-state index in [1.54, 1.807) is 26.2 Å². The van der Waals surface area contributed by atoms with Gasteiger partial charge in [0.15, 0.2) is 0 Å². The predicted molar refractivity (Wildman–Crippen MR) is 118 cm³/mol. The highest BCUT2D eigenvalue weighted by Crippen LogP contribution is 2.27. The van der Waals surface area contributed by atoms with Gasteiger partial charge in [-0.25, -0.2) is 13.4 Å². The van der Waals surface area contributed by atoms with Gasteiger partial charge in [0, 0.05) is 41.5 Å². The van der Waals surface area contributed by atoms with Gasteiger partial charge in [-0.3, -0.25) is 9.78 Å². The summed E-state index contributed by atoms with van der Waals surface area (Å²) in [5.41, 5.74) is 2.20. The summed E-state index contributed by atoms with van der Waals surface area (Å²) >= 11 is 1.51. The van der Waals surface area contributed by atoms with Gasteiger partial charge in [-0.1, -0.05) is 13.8 Å². The van der Waals surface area contributed by atoms with Crippen LogP contribution in [-0.4, -0.2) is 41.7 Å². The minimum atomic E-state index is -3.54. The Labute approximate surface area is 180 Å². The average Bonchev–Trinajstić information content (AvgIpc) is 3.14. The molecule has 7 nitrogen and oxygen atoms in total. The number of thiazole rings is 1. The summed E-state index contributed by atoms with van der Waals surface area (Å²) in [5.74, 6) is -0.266. The molecule has 0 unspecified atom stereocenters. The standard InChI is InChI=1S/C21H24N4O3S2/c1-4-25(5-2)30(27,28)18-10-8-16(9-11-18)20(26)23-14-19-15(3)24-21(29-19)17-7-6-12-22-13-17/h6-13H,4-5,14H2,1-3H3,(H,23,26). The van der Waals surface area contributed by atoms with Crippen molar-refractivity contribution in [2.75, 3.05) is 13.1 Å². The molecule has 1 N–H and O–H groups in total. The molecule has 0 saturated carbocycles. The van der Waals surface area contributed by atoms with E-state index >= 15 is 0 Å². The minimum absolute atomic E-state index is 0.183. The van der Waals surface area contributed by atoms with Crippen LogP contribution in [0.4, 0.5) is 0 Å². The number of amides is 1. The molecule has 0 aliphatic rings. The van der Waals surface area contributed by atoms with Crippen molar-refractivity contribution in [1.29, 1.82) is 0 Å². The number of pyridine rings is 1. The molecule has 158 valence electrons. The Kier molecular flexibility index (Phi) is 6.96. The van der Waals surface area contributed by atoms with Crippen LogP contribution >= 0.6 is 11.3 Å². The van der Waals surface area contributed by atoms with Crippen LogP contribution in [0.2, 0.25) is 0 Å². The van der Waals surface area contributed by atoms with Crippen LogP contribution < -0.4 is 5.32 Å². The Morgan fingerprint density at radius 3 is 2.43 bits per heavy atom. The third kappa shape index (κ3) is 4.75. The number of sulfonamides is 1. The molecular weight excluding hydrogens is 420 g/mol. The first-order valence-electron chi connectivity index (χ1n) is 9.62. The molecule has 9 heteroatoms. The van der Waals surface area contributed by atoms with Crippen LogP contribution in [0.5, 0.6) is 0 Å². The number of carbonyl (C=O) groups is 1. The number of nitrogens with zero attached hydrogens (tertiary/aromatic N) is 3. The second-order valence-electron chi connectivity index (χ2n) is 6.57. The van der Waals surface area contributed by atoms with Crippen LogP contribution in [0.3, 0.4) is 0 Å². The first kappa shape index (κ1) is 22.1. The van der Waals surface area contributed by atoms with E-state index in [-0.39, 0.29) is 10.8 Å². The summed E-state index contributed by atoms with van der Waals surface area (Å²) < 4.78 is 26.5. The molecule has 0 bridgehead atoms. The Balaban J connectivity index is 1.68. The number of nitrogens with one attached hydrogen (secondary N) is 1. The zero-order valence-corrected chi connectivity index (χ0v) is 18.8. The lowest BCUT2D eigenvalue weighted by atomic mass is 10.2. The molecule has 2 heterocycles. The lowest BCUT2D eigenvalue weighted by molar-refractivity contribution is 0.0951. The highest BCUT2D eigenvalue weighted by molar-refractivity contribution is 7.89. The monoisotopic (exact) mass is 444 g/mol. The summed E-state index contributed by atoms with van der Waals surface area (Å²) in [6, 6.07) is 9.82. The molecule has 30 heavy (non-hydrogen) atoms. The molecule has 3 rings (SSSR count). The largest absolute Gasteiger partial charge is 0.347 e. The molecule has 0 aliphatic heterocycles. The van der Waals surface area contributed by atoms with E-state index in [1.165, 1.54) is 39.9 Å². The second-order valence-corrected chi connectivity index (χ2v) is 9.59. The SMILES string of the molecule is CCN(CC)S(=O)(=O)c1ccc(C(=O)NCc2sc(-c3cccnc3)nc2C)cc1. The van der Waals surface area contributed by atoms with Crippen molar-refractivity contribution >= 4 is 27.3 Å². The number of hydrogen-bond donors (Lipinski definition) is 1. The number of aryl methyl sites for hydroxylation is 1. The van der Waals surface area contributed by atoms with Gasteiger partial charge in [-0.15, -0.1) is 11.3 Å². The number of carbonyl (C=O) groups excluding carboxylic acids is 1. The van der Waals surface area contributed by atoms with E-state index in [4.69, 9.17) is 0 Å². The molecular formula is C21H24N4O3S2. The lowest BCUT2D eigenvalue weighted by Gasteiger charge is -2.18. The van der Waals surface area contributed by atoms with Gasteiger partial charge >= 0.3 is 0 Å². The van der Waals surface area contributed by atoms with E-state index in [9.17, 15) is 13.2 Å². The van der Waals surface area contributed by atoms with Gasteiger partial charge in [0.25, 0.3) is 5.91 Å². The van der Waals surface area contributed by atoms with Crippen LogP contribution in [0.25, 0.3) is 10.6 Å². The Bertz CT molecular complexity index is 1110. The molecule has 0 aliphatic carbocycles. The molecule has 0 fully saturated rings. The summed E-state index contributed by atoms with van der Waals surface area (Å²) in [7, 11) is -3.54. The van der Waals surface area contributed by atoms with Crippen molar-refractivity contribution < 1.29 is 13.2 Å². The quantitative estimate of drug-likeness (QED) is 0.574. The van der Waals surface area contributed by atoms with Gasteiger partial charge in [0.1, 0.15) is 5.01 Å². The van der Waals surface area contributed by atoms with Crippen LogP contribution in [0, 0.1) is 6.92 Å². The Morgan fingerprint density at radius 1 is 1.13 bits per heavy atom. The maximum absolute atomic E-state index is 12.6. The summed E-state index contributed by atoms with van der Waals surface area (Å²) in [4.78, 5) is 22.3. The van der Waals surface area contributed by atoms with E-state index in [1.807, 2.05) is 19.1 Å². The topological polar surface area (TPSA) is 92.3 Å². The third-order valence-electron chi connectivity index (χ3n) is 4.67. The van der Waals surface area contributed by atoms with E-state index in [2.05, 4.69) is 15.3 Å². The number of aromatic nitrogens is 2. The maximum atomic E-state index is 12.6. The van der Waals surface area contributed by atoms with Gasteiger partial charge < -0.3 is 5.32 Å². The molecule has 0 spiro atoms. The average molecular weight is 445 g/mol. The second kappa shape index (κ2) is 9.46. The zero-order valence-electron chi connectivity index (χ0n) is 17.1. The highest BCUT2D eigenvalue weighted by Gasteiger charge is 2.21. The van der Waals surface area contributed by atoms with E-state index in [0.29, 0.717) is 25.2 Å². The predicted octanol–water partition coefficient (Wildman–Crippen LogP) is 3.47. The zero-order chi connectivity index (χ0) is 21.7. The molecule has 1 amide bonds. The van der Waals surface area contributed by atoms with Crippen LogP contribution in [-0.2, 0) is 16.6 Å². The van der Waals surface area contributed by atoms with Crippen molar-refractivity contribution in [3.63, 3.8) is 0 Å². The molecule has 2 aromatic heterocycles. The van der Waals surface area contributed by atoms with Gasteiger partial charge in [-0.2, -0.15) is 4.31 Å². The van der Waals surface area contributed by atoms with Gasteiger partial charge in [0.2, 0.25) is 10.0 Å². The van der Waals surface area contributed by atoms with Gasteiger partial charge in [0.05, 0.1) is 17.1 Å². The fraction of sp³-hybridized carbons (Fsp3) is 0.286. The smallest absolute Gasteiger partial charge is 0.251 e. The molecule has 3 aromatic rings. The van der Waals surface area contributed by atoms with Crippen LogP contribution in [0.15, 0.2) is 53.7 Å². The Hall–Kier alpha value is -2.62. The normalized spacial score (nSPS) is 11.6. The van der Waals surface area contributed by atoms with Crippen molar-refractivity contribution in [2.24, 2.45) is 0 Å². The van der Waals surface area contributed by atoms with Crippen molar-refractivity contribution in [3.8, 4) is 10.6 Å². The molecule has 0 atom stereocenters. The lowest BCUT2D eigenvalue weighted by Crippen LogP contribution is -2.30. The molecule has 0 radical (unpaired) electrons. The van der Waals surface area contributed by atoms with Crippen LogP contribution in [0.1, 0.15) is 34.8 Å². The summed E-state index contributed by atoms with van der Waals surface area (Å²) in [6.07, 6.45) is 3.47. The molecule has 1 aromatic carbocycles. The number of rotatable bonds is 8. The van der Waals surface area contributed by atoms with Crippen molar-refractivity contribution in [3.05, 3.63) is 64.9 Å². The fourth-order valence-electron chi connectivity index (χ4n) is 2.96. The summed E-state index contributed by atoms with van der Waals surface area (Å²) in [6.45, 7) is 6.65. The fourth-order valence-corrected chi connectivity index (χ4v) is 5.41. The number of hydrogen-bond acceptors (Lipinski definition) is 6. The first-order chi connectivity index (χ1) is 14.4. The van der Waals surface area contributed by atoms with Crippen molar-refractivity contribution in [2.45, 2.75) is 32.2 Å². The van der Waals surface area contributed by atoms with E-state index in [0.717, 1.165) is 21.1 Å². The highest BCUT2D eigenvalue weighted by atomic mass is 32.2. The summed E-state index contributed by atoms with van der Waals surface area (Å²) in [5, 5.41) is 3.74. The van der Waals surface area contributed by atoms with E-state index < -0.39 is 10.0 Å².